The first-order valence-electron chi connectivity index (χ1n) is 7.15. The van der Waals surface area contributed by atoms with E-state index in [1.165, 1.54) is 0 Å². The number of nitrogens with one attached hydrogen (secondary N) is 1. The Morgan fingerprint density at radius 2 is 2.18 bits per heavy atom. The molecule has 0 aliphatic carbocycles. The lowest BCUT2D eigenvalue weighted by molar-refractivity contribution is -0.144. The van der Waals surface area contributed by atoms with Crippen molar-refractivity contribution in [2.45, 2.75) is 57.5 Å². The molecular formula is C13H19F3N4O2. The predicted octanol–water partition coefficient (Wildman–Crippen LogP) is 1.59. The van der Waals surface area contributed by atoms with Crippen molar-refractivity contribution < 1.29 is 22.7 Å². The molecule has 124 valence electrons. The Balaban J connectivity index is 1.86. The number of aryl methyl sites for hydroxylation is 1. The van der Waals surface area contributed by atoms with Gasteiger partial charge in [0.2, 0.25) is 5.91 Å². The van der Waals surface area contributed by atoms with Gasteiger partial charge in [-0.15, -0.1) is 10.2 Å². The number of nitrogens with zero attached hydrogens (tertiary/aromatic N) is 3. The standard InChI is InChI=1S/C13H19F3N4O2/c1-22-8-11-19-18-10-3-2-9(5-7-20(10)11)17-12(21)4-6-13(14,15)16/h9H,2-8H2,1H3,(H,17,21). The highest BCUT2D eigenvalue weighted by molar-refractivity contribution is 5.76. The highest BCUT2D eigenvalue weighted by Crippen LogP contribution is 2.21. The summed E-state index contributed by atoms with van der Waals surface area (Å²) in [6.07, 6.45) is -4.01. The summed E-state index contributed by atoms with van der Waals surface area (Å²) in [5, 5.41) is 10.8. The zero-order valence-electron chi connectivity index (χ0n) is 12.3. The summed E-state index contributed by atoms with van der Waals surface area (Å²) in [7, 11) is 1.57. The molecule has 9 heteroatoms. The van der Waals surface area contributed by atoms with E-state index in [0.29, 0.717) is 32.4 Å². The molecule has 22 heavy (non-hydrogen) atoms. The largest absolute Gasteiger partial charge is 0.389 e. The summed E-state index contributed by atoms with van der Waals surface area (Å²) in [6, 6.07) is -0.141. The molecule has 1 aromatic heterocycles. The average molecular weight is 320 g/mol. The van der Waals surface area contributed by atoms with E-state index >= 15 is 0 Å². The molecular weight excluding hydrogens is 301 g/mol. The third-order valence-electron chi connectivity index (χ3n) is 3.60. The Morgan fingerprint density at radius 1 is 1.41 bits per heavy atom. The zero-order valence-corrected chi connectivity index (χ0v) is 12.3. The number of rotatable bonds is 5. The molecule has 6 nitrogen and oxygen atoms in total. The van der Waals surface area contributed by atoms with Gasteiger partial charge in [0, 0.05) is 32.5 Å². The number of amides is 1. The van der Waals surface area contributed by atoms with Gasteiger partial charge in [-0.25, -0.2) is 0 Å². The van der Waals surface area contributed by atoms with Gasteiger partial charge in [0.1, 0.15) is 12.4 Å². The normalized spacial score (nSPS) is 18.6. The predicted molar refractivity (Wildman–Crippen MR) is 70.9 cm³/mol. The Kier molecular flexibility index (Phi) is 5.38. The summed E-state index contributed by atoms with van der Waals surface area (Å²) in [5.74, 6) is 0.984. The molecule has 2 heterocycles. The van der Waals surface area contributed by atoms with E-state index in [9.17, 15) is 18.0 Å². The first-order chi connectivity index (χ1) is 10.4. The maximum absolute atomic E-state index is 12.1. The molecule has 1 aliphatic heterocycles. The number of carbonyl (C=O) groups is 1. The van der Waals surface area contributed by atoms with Gasteiger partial charge in [0.15, 0.2) is 5.82 Å². The van der Waals surface area contributed by atoms with Crippen LogP contribution < -0.4 is 5.32 Å². The number of hydrogen-bond acceptors (Lipinski definition) is 4. The fourth-order valence-electron chi connectivity index (χ4n) is 2.48. The summed E-state index contributed by atoms with van der Waals surface area (Å²) in [6.45, 7) is 0.973. The number of hydrogen-bond donors (Lipinski definition) is 1. The van der Waals surface area contributed by atoms with Crippen LogP contribution in [0.1, 0.15) is 37.3 Å². The maximum atomic E-state index is 12.1. The number of ether oxygens (including phenoxy) is 1. The van der Waals surface area contributed by atoms with Crippen LogP contribution in [0.2, 0.25) is 0 Å². The van der Waals surface area contributed by atoms with Gasteiger partial charge >= 0.3 is 6.18 Å². The van der Waals surface area contributed by atoms with Gasteiger partial charge in [-0.3, -0.25) is 4.79 Å². The number of carbonyl (C=O) groups excluding carboxylic acids is 1. The minimum Gasteiger partial charge on any atom is -0.377 e. The van der Waals surface area contributed by atoms with E-state index in [-0.39, 0.29) is 6.04 Å². The van der Waals surface area contributed by atoms with E-state index in [2.05, 4.69) is 15.5 Å². The molecule has 2 rings (SSSR count). The number of halogens is 3. The molecule has 0 saturated carbocycles. The van der Waals surface area contributed by atoms with Crippen molar-refractivity contribution in [3.05, 3.63) is 11.6 Å². The number of methoxy groups -OCH3 is 1. The second-order valence-corrected chi connectivity index (χ2v) is 5.32. The lowest BCUT2D eigenvalue weighted by Gasteiger charge is -2.16. The molecule has 0 saturated heterocycles. The second-order valence-electron chi connectivity index (χ2n) is 5.32. The summed E-state index contributed by atoms with van der Waals surface area (Å²) in [4.78, 5) is 11.6. The molecule has 1 amide bonds. The summed E-state index contributed by atoms with van der Waals surface area (Å²) < 4.78 is 43.3. The van der Waals surface area contributed by atoms with Crippen LogP contribution in [0.25, 0.3) is 0 Å². The summed E-state index contributed by atoms with van der Waals surface area (Å²) in [5.41, 5.74) is 0. The molecule has 0 bridgehead atoms. The van der Waals surface area contributed by atoms with E-state index in [1.807, 2.05) is 4.57 Å². The van der Waals surface area contributed by atoms with Gasteiger partial charge in [-0.1, -0.05) is 0 Å². The minimum atomic E-state index is -4.30. The number of alkyl halides is 3. The molecule has 0 radical (unpaired) electrons. The molecule has 0 fully saturated rings. The molecule has 1 N–H and O–H groups in total. The summed E-state index contributed by atoms with van der Waals surface area (Å²) >= 11 is 0. The van der Waals surface area contributed by atoms with Crippen molar-refractivity contribution in [2.75, 3.05) is 7.11 Å². The van der Waals surface area contributed by atoms with E-state index < -0.39 is 24.9 Å². The zero-order chi connectivity index (χ0) is 16.2. The van der Waals surface area contributed by atoms with Crippen LogP contribution in [0.3, 0.4) is 0 Å². The fourth-order valence-corrected chi connectivity index (χ4v) is 2.48. The van der Waals surface area contributed by atoms with Crippen molar-refractivity contribution in [1.29, 1.82) is 0 Å². The Morgan fingerprint density at radius 3 is 2.86 bits per heavy atom. The van der Waals surface area contributed by atoms with Gasteiger partial charge in [0.25, 0.3) is 0 Å². The lowest BCUT2D eigenvalue weighted by Crippen LogP contribution is -2.35. The lowest BCUT2D eigenvalue weighted by atomic mass is 10.1. The first kappa shape index (κ1) is 16.7. The SMILES string of the molecule is COCc1nnc2n1CCC(NC(=O)CCC(F)(F)F)CC2. The highest BCUT2D eigenvalue weighted by Gasteiger charge is 2.28. The molecule has 1 aromatic rings. The third-order valence-corrected chi connectivity index (χ3v) is 3.60. The van der Waals surface area contributed by atoms with Crippen molar-refractivity contribution in [1.82, 2.24) is 20.1 Å². The third kappa shape index (κ3) is 4.69. The van der Waals surface area contributed by atoms with Crippen LogP contribution in [-0.4, -0.2) is 40.0 Å². The van der Waals surface area contributed by atoms with E-state index in [1.54, 1.807) is 7.11 Å². The fraction of sp³-hybridized carbons (Fsp3) is 0.769. The minimum absolute atomic E-state index is 0.141. The highest BCUT2D eigenvalue weighted by atomic mass is 19.4. The van der Waals surface area contributed by atoms with Crippen molar-refractivity contribution in [3.63, 3.8) is 0 Å². The Bertz CT molecular complexity index is 516. The molecule has 0 aromatic carbocycles. The van der Waals surface area contributed by atoms with E-state index in [0.717, 1.165) is 11.6 Å². The van der Waals surface area contributed by atoms with Gasteiger partial charge in [0.05, 0.1) is 6.42 Å². The van der Waals surface area contributed by atoms with E-state index in [4.69, 9.17) is 4.74 Å². The molecule has 1 unspecified atom stereocenters. The Labute approximate surface area is 126 Å². The first-order valence-corrected chi connectivity index (χ1v) is 7.15. The van der Waals surface area contributed by atoms with Gasteiger partial charge < -0.3 is 14.6 Å². The quantitative estimate of drug-likeness (QED) is 0.894. The number of fused-ring (bicyclic) bond motifs is 1. The smallest absolute Gasteiger partial charge is 0.377 e. The topological polar surface area (TPSA) is 69.0 Å². The van der Waals surface area contributed by atoms with Crippen LogP contribution in [0.5, 0.6) is 0 Å². The van der Waals surface area contributed by atoms with Gasteiger partial charge in [-0.2, -0.15) is 13.2 Å². The van der Waals surface area contributed by atoms with Crippen LogP contribution >= 0.6 is 0 Å². The number of aromatic nitrogens is 3. The van der Waals surface area contributed by atoms with Gasteiger partial charge in [-0.05, 0) is 12.8 Å². The van der Waals surface area contributed by atoms with Crippen molar-refractivity contribution in [2.24, 2.45) is 0 Å². The van der Waals surface area contributed by atoms with Crippen molar-refractivity contribution >= 4 is 5.91 Å². The van der Waals surface area contributed by atoms with Crippen LogP contribution in [-0.2, 0) is 29.1 Å². The molecule has 1 atom stereocenters. The van der Waals surface area contributed by atoms with Crippen LogP contribution in [0, 0.1) is 0 Å². The molecule has 0 spiro atoms. The van der Waals surface area contributed by atoms with Crippen LogP contribution in [0.4, 0.5) is 13.2 Å². The van der Waals surface area contributed by atoms with Crippen molar-refractivity contribution in [3.8, 4) is 0 Å². The van der Waals surface area contributed by atoms with Crippen LogP contribution in [0.15, 0.2) is 0 Å². The second kappa shape index (κ2) is 7.08. The maximum Gasteiger partial charge on any atom is 0.389 e. The molecule has 1 aliphatic rings. The average Bonchev–Trinajstić information content (AvgIpc) is 2.70. The Hall–Kier alpha value is -1.64. The monoisotopic (exact) mass is 320 g/mol.